The molecule has 1 unspecified atom stereocenters. The Morgan fingerprint density at radius 1 is 0.769 bits per heavy atom. The van der Waals surface area contributed by atoms with Gasteiger partial charge in [0.15, 0.2) is 0 Å². The van der Waals surface area contributed by atoms with Crippen molar-refractivity contribution in [2.75, 3.05) is 0 Å². The molecule has 132 valence electrons. The largest absolute Gasteiger partial charge is 0.634 e. The summed E-state index contributed by atoms with van der Waals surface area (Å²) in [5, 5.41) is 19.7. The van der Waals surface area contributed by atoms with Crippen LogP contribution in [0.4, 0.5) is 0 Å². The van der Waals surface area contributed by atoms with Crippen LogP contribution in [0, 0.1) is 0 Å². The quantitative estimate of drug-likeness (QED) is 0.633. The van der Waals surface area contributed by atoms with Gasteiger partial charge in [-0.3, -0.25) is 0 Å². The van der Waals surface area contributed by atoms with Crippen molar-refractivity contribution in [1.29, 1.82) is 0 Å². The van der Waals surface area contributed by atoms with Crippen LogP contribution in [0.2, 0.25) is 0 Å². The fraction of sp³-hybridized carbons (Fsp3) is 0.182. The molecule has 0 saturated heterocycles. The predicted molar refractivity (Wildman–Crippen MR) is 104 cm³/mol. The lowest BCUT2D eigenvalue weighted by Crippen LogP contribution is -2.43. The van der Waals surface area contributed by atoms with Gasteiger partial charge in [-0.1, -0.05) is 97.9 Å². The van der Waals surface area contributed by atoms with Crippen molar-refractivity contribution in [3.8, 4) is 0 Å². The summed E-state index contributed by atoms with van der Waals surface area (Å²) in [5.74, 6) is -0.102. The van der Waals surface area contributed by atoms with Crippen LogP contribution in [-0.2, 0) is 10.3 Å². The first-order valence-corrected chi connectivity index (χ1v) is 8.88. The molecule has 0 aliphatic heterocycles. The van der Waals surface area contributed by atoms with E-state index >= 15 is 0 Å². The zero-order valence-electron chi connectivity index (χ0n) is 14.8. The van der Waals surface area contributed by atoms with E-state index in [1.54, 1.807) is 0 Å². The van der Waals surface area contributed by atoms with Crippen LogP contribution in [0.3, 0.4) is 0 Å². The SMILES string of the molecule is CCC(c1ccccc1)C(OB(O)O)(c1ccccc1)c1ccccc1. The Morgan fingerprint density at radius 3 is 1.58 bits per heavy atom. The molecule has 0 bridgehead atoms. The van der Waals surface area contributed by atoms with Crippen molar-refractivity contribution in [3.63, 3.8) is 0 Å². The predicted octanol–water partition coefficient (Wildman–Crippen LogP) is 4.11. The molecule has 0 fully saturated rings. The Balaban J connectivity index is 2.29. The van der Waals surface area contributed by atoms with Crippen LogP contribution < -0.4 is 0 Å². The summed E-state index contributed by atoms with van der Waals surface area (Å²) in [6.45, 7) is 2.09. The number of benzene rings is 3. The molecule has 0 heterocycles. The molecule has 0 amide bonds. The van der Waals surface area contributed by atoms with Gasteiger partial charge in [0.05, 0.1) is 0 Å². The van der Waals surface area contributed by atoms with E-state index in [-0.39, 0.29) is 5.92 Å². The lowest BCUT2D eigenvalue weighted by Gasteiger charge is -2.42. The summed E-state index contributed by atoms with van der Waals surface area (Å²) in [6, 6.07) is 29.6. The lowest BCUT2D eigenvalue weighted by molar-refractivity contribution is 0.0242. The third-order valence-corrected chi connectivity index (χ3v) is 4.80. The van der Waals surface area contributed by atoms with E-state index < -0.39 is 12.9 Å². The van der Waals surface area contributed by atoms with Gasteiger partial charge in [0, 0.05) is 5.92 Å². The zero-order chi connectivity index (χ0) is 18.4. The van der Waals surface area contributed by atoms with Gasteiger partial charge in [0.25, 0.3) is 0 Å². The average Bonchev–Trinajstić information content (AvgIpc) is 2.69. The number of hydrogen-bond donors (Lipinski definition) is 2. The van der Waals surface area contributed by atoms with E-state index in [0.29, 0.717) is 0 Å². The van der Waals surface area contributed by atoms with Crippen molar-refractivity contribution in [2.45, 2.75) is 24.9 Å². The van der Waals surface area contributed by atoms with Gasteiger partial charge >= 0.3 is 7.32 Å². The molecule has 0 aliphatic carbocycles. The van der Waals surface area contributed by atoms with Gasteiger partial charge in [-0.2, -0.15) is 0 Å². The highest BCUT2D eigenvalue weighted by Gasteiger charge is 2.45. The van der Waals surface area contributed by atoms with E-state index in [0.717, 1.165) is 23.1 Å². The van der Waals surface area contributed by atoms with E-state index in [1.807, 2.05) is 78.9 Å². The van der Waals surface area contributed by atoms with Crippen molar-refractivity contribution >= 4 is 7.32 Å². The highest BCUT2D eigenvalue weighted by atomic mass is 16.6. The minimum atomic E-state index is -1.90. The maximum Gasteiger partial charge on any atom is 0.634 e. The van der Waals surface area contributed by atoms with Crippen LogP contribution in [0.5, 0.6) is 0 Å². The standard InChI is InChI=1S/C22H23BO3/c1-2-21(18-12-6-3-7-13-18)22(26-23(24)25,19-14-8-4-9-15-19)20-16-10-5-11-17-20/h3-17,21,24-25H,2H2,1H3. The average molecular weight is 346 g/mol. The van der Waals surface area contributed by atoms with Crippen molar-refractivity contribution in [1.82, 2.24) is 0 Å². The summed E-state index contributed by atoms with van der Waals surface area (Å²) >= 11 is 0. The highest BCUT2D eigenvalue weighted by Crippen LogP contribution is 2.47. The molecule has 2 N–H and O–H groups in total. The van der Waals surface area contributed by atoms with Crippen molar-refractivity contribution in [3.05, 3.63) is 108 Å². The second-order valence-electron chi connectivity index (χ2n) is 6.28. The van der Waals surface area contributed by atoms with Crippen LogP contribution in [0.15, 0.2) is 91.0 Å². The highest BCUT2D eigenvalue weighted by molar-refractivity contribution is 6.32. The molecule has 0 radical (unpaired) electrons. The topological polar surface area (TPSA) is 49.7 Å². The Bertz CT molecular complexity index is 752. The minimum absolute atomic E-state index is 0.102. The molecule has 1 atom stereocenters. The minimum Gasteiger partial charge on any atom is -0.402 e. The van der Waals surface area contributed by atoms with Gasteiger partial charge in [0.1, 0.15) is 5.60 Å². The zero-order valence-corrected chi connectivity index (χ0v) is 14.8. The van der Waals surface area contributed by atoms with Gasteiger partial charge in [0.2, 0.25) is 0 Å². The van der Waals surface area contributed by atoms with E-state index in [1.165, 1.54) is 0 Å². The van der Waals surface area contributed by atoms with Crippen LogP contribution in [0.1, 0.15) is 36.0 Å². The molecular weight excluding hydrogens is 323 g/mol. The fourth-order valence-electron chi connectivity index (χ4n) is 3.77. The maximum absolute atomic E-state index is 9.84. The van der Waals surface area contributed by atoms with Crippen LogP contribution in [0.25, 0.3) is 0 Å². The molecule has 0 saturated carbocycles. The molecule has 0 aliphatic rings. The molecule has 0 aromatic heterocycles. The summed E-state index contributed by atoms with van der Waals surface area (Å²) in [4.78, 5) is 0. The molecule has 26 heavy (non-hydrogen) atoms. The van der Waals surface area contributed by atoms with E-state index in [2.05, 4.69) is 19.1 Å². The second-order valence-corrected chi connectivity index (χ2v) is 6.28. The summed E-state index contributed by atoms with van der Waals surface area (Å²) in [7, 11) is -1.90. The summed E-state index contributed by atoms with van der Waals surface area (Å²) in [5.41, 5.74) is 1.83. The molecule has 3 rings (SSSR count). The van der Waals surface area contributed by atoms with E-state index in [4.69, 9.17) is 4.65 Å². The van der Waals surface area contributed by atoms with Crippen LogP contribution >= 0.6 is 0 Å². The molecule has 4 heteroatoms. The Hall–Kier alpha value is -2.40. The number of hydrogen-bond acceptors (Lipinski definition) is 3. The smallest absolute Gasteiger partial charge is 0.402 e. The van der Waals surface area contributed by atoms with Gasteiger partial charge in [-0.15, -0.1) is 0 Å². The van der Waals surface area contributed by atoms with Crippen molar-refractivity contribution < 1.29 is 14.7 Å². The fourth-order valence-corrected chi connectivity index (χ4v) is 3.77. The molecular formula is C22H23BO3. The Kier molecular flexibility index (Phi) is 5.89. The third kappa shape index (κ3) is 3.58. The monoisotopic (exact) mass is 346 g/mol. The Morgan fingerprint density at radius 2 is 1.19 bits per heavy atom. The lowest BCUT2D eigenvalue weighted by atomic mass is 9.71. The molecule has 3 nitrogen and oxygen atoms in total. The van der Waals surface area contributed by atoms with Gasteiger partial charge in [-0.25, -0.2) is 0 Å². The van der Waals surface area contributed by atoms with Gasteiger partial charge < -0.3 is 14.7 Å². The van der Waals surface area contributed by atoms with Crippen LogP contribution in [-0.4, -0.2) is 17.4 Å². The first kappa shape index (κ1) is 18.4. The van der Waals surface area contributed by atoms with E-state index in [9.17, 15) is 10.0 Å². The Labute approximate surface area is 155 Å². The molecule has 3 aromatic rings. The molecule has 3 aromatic carbocycles. The molecule has 0 spiro atoms. The number of rotatable bonds is 7. The first-order chi connectivity index (χ1) is 12.7. The van der Waals surface area contributed by atoms with Gasteiger partial charge in [-0.05, 0) is 23.1 Å². The second kappa shape index (κ2) is 8.32. The summed E-state index contributed by atoms with van der Waals surface area (Å²) < 4.78 is 5.93. The maximum atomic E-state index is 9.84. The third-order valence-electron chi connectivity index (χ3n) is 4.80. The first-order valence-electron chi connectivity index (χ1n) is 8.88. The van der Waals surface area contributed by atoms with Crippen molar-refractivity contribution in [2.24, 2.45) is 0 Å². The summed E-state index contributed by atoms with van der Waals surface area (Å²) in [6.07, 6.45) is 0.764. The normalized spacial score (nSPS) is 12.6.